The Bertz CT molecular complexity index is 451. The number of benzene rings is 1. The van der Waals surface area contributed by atoms with Gasteiger partial charge in [-0.2, -0.15) is 0 Å². The predicted octanol–water partition coefficient (Wildman–Crippen LogP) is 2.99. The van der Waals surface area contributed by atoms with E-state index in [2.05, 4.69) is 15.9 Å². The van der Waals surface area contributed by atoms with Crippen molar-refractivity contribution in [1.29, 1.82) is 0 Å². The fraction of sp³-hybridized carbons (Fsp3) is 0.429. The molecule has 0 aliphatic carbocycles. The van der Waals surface area contributed by atoms with Gasteiger partial charge in [-0.15, -0.1) is 0 Å². The summed E-state index contributed by atoms with van der Waals surface area (Å²) in [5.74, 6) is -0.260. The van der Waals surface area contributed by atoms with Crippen LogP contribution in [-0.4, -0.2) is 25.0 Å². The van der Waals surface area contributed by atoms with Crippen molar-refractivity contribution in [3.63, 3.8) is 0 Å². The van der Waals surface area contributed by atoms with E-state index in [1.807, 2.05) is 12.1 Å². The SMILES string of the molecule is CCOC(=O)C(C)(C)C(=O)COc1ccc(Br)cc1. The summed E-state index contributed by atoms with van der Waals surface area (Å²) >= 11 is 3.31. The van der Waals surface area contributed by atoms with Crippen molar-refractivity contribution in [2.45, 2.75) is 20.8 Å². The Morgan fingerprint density at radius 1 is 1.21 bits per heavy atom. The first-order valence-electron chi connectivity index (χ1n) is 5.96. The highest BCUT2D eigenvalue weighted by Gasteiger charge is 2.37. The first-order valence-corrected chi connectivity index (χ1v) is 6.76. The fourth-order valence-electron chi connectivity index (χ4n) is 1.29. The molecule has 1 rings (SSSR count). The Morgan fingerprint density at radius 3 is 2.32 bits per heavy atom. The molecule has 0 N–H and O–H groups in total. The first kappa shape index (κ1) is 15.7. The smallest absolute Gasteiger partial charge is 0.319 e. The number of hydrogen-bond donors (Lipinski definition) is 0. The number of carbonyl (C=O) groups is 2. The van der Waals surface area contributed by atoms with Crippen LogP contribution in [0.1, 0.15) is 20.8 Å². The average Bonchev–Trinajstić information content (AvgIpc) is 2.37. The molecule has 0 amide bonds. The van der Waals surface area contributed by atoms with Gasteiger partial charge in [-0.25, -0.2) is 0 Å². The molecule has 0 unspecified atom stereocenters. The van der Waals surface area contributed by atoms with Crippen molar-refractivity contribution in [1.82, 2.24) is 0 Å². The Kier molecular flexibility index (Phi) is 5.54. The normalized spacial score (nSPS) is 10.9. The molecule has 0 aromatic heterocycles. The summed E-state index contributed by atoms with van der Waals surface area (Å²) in [7, 11) is 0. The van der Waals surface area contributed by atoms with Crippen LogP contribution in [0, 0.1) is 5.41 Å². The second-order valence-corrected chi connectivity index (χ2v) is 5.43. The first-order chi connectivity index (χ1) is 8.87. The van der Waals surface area contributed by atoms with E-state index in [-0.39, 0.29) is 19.0 Å². The van der Waals surface area contributed by atoms with Gasteiger partial charge in [0.05, 0.1) is 6.61 Å². The van der Waals surface area contributed by atoms with Gasteiger partial charge >= 0.3 is 5.97 Å². The van der Waals surface area contributed by atoms with Gasteiger partial charge in [0.2, 0.25) is 0 Å². The van der Waals surface area contributed by atoms with E-state index in [1.165, 1.54) is 13.8 Å². The minimum atomic E-state index is -1.19. The molecule has 0 spiro atoms. The number of hydrogen-bond acceptors (Lipinski definition) is 4. The maximum absolute atomic E-state index is 12.0. The third-order valence-corrected chi connectivity index (χ3v) is 3.20. The van der Waals surface area contributed by atoms with Crippen LogP contribution in [0.25, 0.3) is 0 Å². The van der Waals surface area contributed by atoms with Crippen molar-refractivity contribution in [3.8, 4) is 5.75 Å². The Morgan fingerprint density at radius 2 is 1.79 bits per heavy atom. The summed E-state index contributed by atoms with van der Waals surface area (Å²) < 4.78 is 11.2. The van der Waals surface area contributed by atoms with E-state index < -0.39 is 11.4 Å². The molecule has 1 aromatic carbocycles. The number of halogens is 1. The molecule has 19 heavy (non-hydrogen) atoms. The summed E-state index contributed by atoms with van der Waals surface area (Å²) in [5.41, 5.74) is -1.19. The van der Waals surface area contributed by atoms with Gasteiger partial charge in [-0.1, -0.05) is 15.9 Å². The molecule has 0 heterocycles. The highest BCUT2D eigenvalue weighted by Crippen LogP contribution is 2.21. The average molecular weight is 329 g/mol. The Hall–Kier alpha value is -1.36. The standard InChI is InChI=1S/C14H17BrO4/c1-4-18-13(17)14(2,3)12(16)9-19-11-7-5-10(15)6-8-11/h5-8H,4,9H2,1-3H3. The largest absolute Gasteiger partial charge is 0.486 e. The summed E-state index contributed by atoms with van der Waals surface area (Å²) in [4.78, 5) is 23.6. The third kappa shape index (κ3) is 4.35. The Labute approximate surface area is 121 Å². The van der Waals surface area contributed by atoms with Gasteiger partial charge in [-0.05, 0) is 45.0 Å². The van der Waals surface area contributed by atoms with Crippen LogP contribution in [0.5, 0.6) is 5.75 Å². The topological polar surface area (TPSA) is 52.6 Å². The molecule has 0 aliphatic rings. The van der Waals surface area contributed by atoms with Gasteiger partial charge in [0.1, 0.15) is 17.8 Å². The van der Waals surface area contributed by atoms with Crippen molar-refractivity contribution >= 4 is 27.7 Å². The molecule has 5 heteroatoms. The van der Waals surface area contributed by atoms with E-state index in [0.29, 0.717) is 5.75 Å². The number of ether oxygens (including phenoxy) is 2. The number of ketones is 1. The van der Waals surface area contributed by atoms with Crippen molar-refractivity contribution in [2.75, 3.05) is 13.2 Å². The van der Waals surface area contributed by atoms with Crippen LogP contribution in [0.2, 0.25) is 0 Å². The fourth-order valence-corrected chi connectivity index (χ4v) is 1.55. The zero-order valence-electron chi connectivity index (χ0n) is 11.2. The van der Waals surface area contributed by atoms with Crippen LogP contribution in [0.15, 0.2) is 28.7 Å². The Balaban J connectivity index is 2.59. The molecule has 104 valence electrons. The van der Waals surface area contributed by atoms with Gasteiger partial charge in [0.25, 0.3) is 0 Å². The number of rotatable bonds is 6. The zero-order chi connectivity index (χ0) is 14.5. The van der Waals surface area contributed by atoms with Crippen molar-refractivity contribution in [3.05, 3.63) is 28.7 Å². The maximum atomic E-state index is 12.0. The molecule has 0 atom stereocenters. The molecule has 0 saturated carbocycles. The maximum Gasteiger partial charge on any atom is 0.319 e. The van der Waals surface area contributed by atoms with E-state index in [9.17, 15) is 9.59 Å². The predicted molar refractivity (Wildman–Crippen MR) is 75.1 cm³/mol. The monoisotopic (exact) mass is 328 g/mol. The number of carbonyl (C=O) groups excluding carboxylic acids is 2. The summed E-state index contributed by atoms with van der Waals surface area (Å²) in [6.45, 7) is 4.88. The van der Waals surface area contributed by atoms with Gasteiger partial charge in [0.15, 0.2) is 5.78 Å². The second-order valence-electron chi connectivity index (χ2n) is 4.51. The van der Waals surface area contributed by atoms with Crippen LogP contribution in [0.4, 0.5) is 0 Å². The molecule has 0 saturated heterocycles. The molecule has 0 fully saturated rings. The minimum absolute atomic E-state index is 0.159. The molecule has 1 aromatic rings. The van der Waals surface area contributed by atoms with Crippen LogP contribution >= 0.6 is 15.9 Å². The quantitative estimate of drug-likeness (QED) is 0.595. The lowest BCUT2D eigenvalue weighted by molar-refractivity contribution is -0.158. The van der Waals surface area contributed by atoms with E-state index >= 15 is 0 Å². The second kappa shape index (κ2) is 6.70. The van der Waals surface area contributed by atoms with E-state index in [0.717, 1.165) is 4.47 Å². The van der Waals surface area contributed by atoms with Crippen LogP contribution in [0.3, 0.4) is 0 Å². The molecule has 0 radical (unpaired) electrons. The third-order valence-electron chi connectivity index (χ3n) is 2.67. The minimum Gasteiger partial charge on any atom is -0.486 e. The van der Waals surface area contributed by atoms with Crippen LogP contribution in [-0.2, 0) is 14.3 Å². The lowest BCUT2D eigenvalue weighted by Crippen LogP contribution is -2.38. The van der Waals surface area contributed by atoms with Gasteiger partial charge in [0, 0.05) is 4.47 Å². The van der Waals surface area contributed by atoms with Crippen LogP contribution < -0.4 is 4.74 Å². The molecule has 0 aliphatic heterocycles. The highest BCUT2D eigenvalue weighted by molar-refractivity contribution is 9.10. The molecule has 4 nitrogen and oxygen atoms in total. The summed E-state index contributed by atoms with van der Waals surface area (Å²) in [6, 6.07) is 7.12. The van der Waals surface area contributed by atoms with Gasteiger partial charge < -0.3 is 9.47 Å². The lowest BCUT2D eigenvalue weighted by Gasteiger charge is -2.20. The summed E-state index contributed by atoms with van der Waals surface area (Å²) in [6.07, 6.45) is 0. The molecule has 0 bridgehead atoms. The molecular weight excluding hydrogens is 312 g/mol. The number of esters is 1. The van der Waals surface area contributed by atoms with E-state index in [4.69, 9.17) is 9.47 Å². The lowest BCUT2D eigenvalue weighted by atomic mass is 9.88. The number of Topliss-reactive ketones (excluding diaryl/α,β-unsaturated/α-hetero) is 1. The molecular formula is C14H17BrO4. The highest BCUT2D eigenvalue weighted by atomic mass is 79.9. The van der Waals surface area contributed by atoms with Crippen molar-refractivity contribution < 1.29 is 19.1 Å². The zero-order valence-corrected chi connectivity index (χ0v) is 12.8. The van der Waals surface area contributed by atoms with Gasteiger partial charge in [-0.3, -0.25) is 9.59 Å². The van der Waals surface area contributed by atoms with E-state index in [1.54, 1.807) is 19.1 Å². The van der Waals surface area contributed by atoms with Crippen molar-refractivity contribution in [2.24, 2.45) is 5.41 Å². The summed E-state index contributed by atoms with van der Waals surface area (Å²) in [5, 5.41) is 0.